The summed E-state index contributed by atoms with van der Waals surface area (Å²) in [5.41, 5.74) is 4.81. The minimum atomic E-state index is 0.334. The molecule has 5 unspecified atom stereocenters. The number of fused-ring (bicyclic) bond motifs is 3. The second kappa shape index (κ2) is 5.55. The van der Waals surface area contributed by atoms with Gasteiger partial charge in [-0.1, -0.05) is 52.5 Å². The van der Waals surface area contributed by atoms with Crippen LogP contribution >= 0.6 is 12.6 Å². The van der Waals surface area contributed by atoms with Crippen molar-refractivity contribution < 1.29 is 0 Å². The highest BCUT2D eigenvalue weighted by atomic mass is 32.1. The summed E-state index contributed by atoms with van der Waals surface area (Å²) < 4.78 is 0. The van der Waals surface area contributed by atoms with Crippen molar-refractivity contribution in [1.82, 2.24) is 0 Å². The van der Waals surface area contributed by atoms with Crippen LogP contribution in [-0.4, -0.2) is 5.25 Å². The molecule has 3 saturated carbocycles. The van der Waals surface area contributed by atoms with Gasteiger partial charge in [-0.05, 0) is 78.3 Å². The summed E-state index contributed by atoms with van der Waals surface area (Å²) in [7, 11) is 0. The van der Waals surface area contributed by atoms with E-state index in [0.717, 1.165) is 23.3 Å². The molecule has 0 bridgehead atoms. The second-order valence-electron chi connectivity index (χ2n) is 9.44. The van der Waals surface area contributed by atoms with Crippen molar-refractivity contribution in [2.75, 3.05) is 0 Å². The summed E-state index contributed by atoms with van der Waals surface area (Å²) in [6.07, 6.45) is 7.37. The number of rotatable bonds is 1. The molecular formula is C22H34S. The third kappa shape index (κ3) is 2.41. The van der Waals surface area contributed by atoms with Crippen molar-refractivity contribution >= 4 is 12.6 Å². The Kier molecular flexibility index (Phi) is 4.19. The van der Waals surface area contributed by atoms with Crippen LogP contribution in [0, 0.1) is 34.5 Å². The van der Waals surface area contributed by atoms with Crippen molar-refractivity contribution in [1.29, 1.82) is 0 Å². The third-order valence-corrected chi connectivity index (χ3v) is 8.84. The molecule has 0 nitrogen and oxygen atoms in total. The zero-order valence-corrected chi connectivity index (χ0v) is 16.5. The van der Waals surface area contributed by atoms with Crippen molar-refractivity contribution in [2.45, 2.75) is 65.6 Å². The van der Waals surface area contributed by atoms with E-state index in [-0.39, 0.29) is 0 Å². The number of hydrogen-bond acceptors (Lipinski definition) is 1. The SMILES string of the molecule is C=C(C)/C=C1/CC(C)C2C(CCC3(C)C2C[C@@H](S)C3(C)C)C1=C. The van der Waals surface area contributed by atoms with Gasteiger partial charge in [0.05, 0.1) is 0 Å². The second-order valence-corrected chi connectivity index (χ2v) is 10.1. The first-order chi connectivity index (χ1) is 10.6. The molecule has 0 aromatic heterocycles. The van der Waals surface area contributed by atoms with Crippen LogP contribution in [0.2, 0.25) is 0 Å². The van der Waals surface area contributed by atoms with E-state index in [4.69, 9.17) is 12.6 Å². The third-order valence-electron chi connectivity index (χ3n) is 7.98. The minimum Gasteiger partial charge on any atom is -0.175 e. The maximum Gasteiger partial charge on any atom is 0.00762 e. The van der Waals surface area contributed by atoms with E-state index in [2.05, 4.69) is 53.9 Å². The zero-order valence-electron chi connectivity index (χ0n) is 15.7. The van der Waals surface area contributed by atoms with Crippen LogP contribution < -0.4 is 0 Å². The lowest BCUT2D eigenvalue weighted by atomic mass is 9.49. The molecule has 3 fully saturated rings. The van der Waals surface area contributed by atoms with E-state index in [1.54, 1.807) is 0 Å². The summed E-state index contributed by atoms with van der Waals surface area (Å²) >= 11 is 5.01. The van der Waals surface area contributed by atoms with Crippen LogP contribution in [0.5, 0.6) is 0 Å². The predicted molar refractivity (Wildman–Crippen MR) is 105 cm³/mol. The van der Waals surface area contributed by atoms with Gasteiger partial charge in [0, 0.05) is 5.25 Å². The number of allylic oxidation sites excluding steroid dienone is 4. The largest absolute Gasteiger partial charge is 0.175 e. The quantitative estimate of drug-likeness (QED) is 0.524. The summed E-state index contributed by atoms with van der Waals surface area (Å²) in [6, 6.07) is 0. The maximum atomic E-state index is 5.01. The van der Waals surface area contributed by atoms with Crippen LogP contribution in [0.25, 0.3) is 0 Å². The molecule has 0 heterocycles. The van der Waals surface area contributed by atoms with E-state index >= 15 is 0 Å². The average molecular weight is 331 g/mol. The Labute approximate surface area is 148 Å². The highest BCUT2D eigenvalue weighted by Crippen LogP contribution is 2.68. The summed E-state index contributed by atoms with van der Waals surface area (Å²) in [5, 5.41) is 0.532. The smallest absolute Gasteiger partial charge is 0.00762 e. The summed E-state index contributed by atoms with van der Waals surface area (Å²) in [5.74, 6) is 3.02. The molecule has 0 radical (unpaired) electrons. The van der Waals surface area contributed by atoms with Crippen LogP contribution in [0.15, 0.2) is 36.0 Å². The van der Waals surface area contributed by atoms with Crippen molar-refractivity contribution in [3.63, 3.8) is 0 Å². The molecule has 3 rings (SSSR count). The van der Waals surface area contributed by atoms with Crippen LogP contribution in [-0.2, 0) is 0 Å². The lowest BCUT2D eigenvalue weighted by Crippen LogP contribution is -2.49. The highest BCUT2D eigenvalue weighted by Gasteiger charge is 2.62. The molecule has 0 spiro atoms. The summed E-state index contributed by atoms with van der Waals surface area (Å²) in [6.45, 7) is 20.7. The van der Waals surface area contributed by atoms with E-state index in [1.807, 2.05) is 0 Å². The predicted octanol–water partition coefficient (Wildman–Crippen LogP) is 6.46. The lowest BCUT2D eigenvalue weighted by molar-refractivity contribution is -0.0357. The van der Waals surface area contributed by atoms with E-state index < -0.39 is 0 Å². The Morgan fingerprint density at radius 1 is 1.30 bits per heavy atom. The van der Waals surface area contributed by atoms with Gasteiger partial charge in [-0.2, -0.15) is 12.6 Å². The lowest BCUT2D eigenvalue weighted by Gasteiger charge is -2.56. The van der Waals surface area contributed by atoms with E-state index in [0.29, 0.717) is 22.0 Å². The molecule has 6 atom stereocenters. The molecule has 3 aliphatic rings. The monoisotopic (exact) mass is 330 g/mol. The Hall–Kier alpha value is -0.430. The Morgan fingerprint density at radius 3 is 2.57 bits per heavy atom. The number of thiol groups is 1. The van der Waals surface area contributed by atoms with Gasteiger partial charge < -0.3 is 0 Å². The fourth-order valence-corrected chi connectivity index (χ4v) is 6.69. The first kappa shape index (κ1) is 17.4. The zero-order chi connectivity index (χ0) is 17.2. The molecule has 23 heavy (non-hydrogen) atoms. The van der Waals surface area contributed by atoms with Gasteiger partial charge in [0.25, 0.3) is 0 Å². The first-order valence-corrected chi connectivity index (χ1v) is 9.84. The summed E-state index contributed by atoms with van der Waals surface area (Å²) in [4.78, 5) is 0. The molecule has 0 saturated heterocycles. The normalized spacial score (nSPS) is 47.3. The van der Waals surface area contributed by atoms with E-state index in [1.165, 1.54) is 36.8 Å². The molecule has 128 valence electrons. The Balaban J connectivity index is 1.96. The van der Waals surface area contributed by atoms with Crippen LogP contribution in [0.4, 0.5) is 0 Å². The van der Waals surface area contributed by atoms with Crippen molar-refractivity contribution in [3.05, 3.63) is 36.0 Å². The molecule has 0 aromatic carbocycles. The van der Waals surface area contributed by atoms with Gasteiger partial charge in [-0.15, -0.1) is 0 Å². The Bertz CT molecular complexity index is 567. The van der Waals surface area contributed by atoms with Crippen LogP contribution in [0.3, 0.4) is 0 Å². The first-order valence-electron chi connectivity index (χ1n) is 9.33. The van der Waals surface area contributed by atoms with Crippen molar-refractivity contribution in [3.8, 4) is 0 Å². The van der Waals surface area contributed by atoms with Gasteiger partial charge >= 0.3 is 0 Å². The molecule has 1 heteroatoms. The van der Waals surface area contributed by atoms with Gasteiger partial charge in [0.2, 0.25) is 0 Å². The average Bonchev–Trinajstić information content (AvgIpc) is 2.62. The van der Waals surface area contributed by atoms with Crippen molar-refractivity contribution in [2.24, 2.45) is 34.5 Å². The molecule has 0 N–H and O–H groups in total. The molecule has 0 amide bonds. The fourth-order valence-electron chi connectivity index (χ4n) is 6.17. The van der Waals surface area contributed by atoms with Crippen LogP contribution in [0.1, 0.15) is 60.3 Å². The topological polar surface area (TPSA) is 0 Å². The van der Waals surface area contributed by atoms with Gasteiger partial charge in [-0.25, -0.2) is 0 Å². The maximum absolute atomic E-state index is 5.01. The molecule has 0 aromatic rings. The highest BCUT2D eigenvalue weighted by molar-refractivity contribution is 7.81. The van der Waals surface area contributed by atoms with Gasteiger partial charge in [-0.3, -0.25) is 0 Å². The molecule has 0 aliphatic heterocycles. The Morgan fingerprint density at radius 2 is 1.96 bits per heavy atom. The molecule has 3 aliphatic carbocycles. The standard InChI is InChI=1S/C22H34S/c1-13(2)10-16-11-14(3)20-17(15(16)4)8-9-22(7)18(20)12-19(23)21(22,5)6/h10,14,17-20,23H,1,4,8-9,11-12H2,2-3,5-7H3/b16-10-/t14?,17?,18?,19-,20?,22?/m1/s1. The number of hydrogen-bond donors (Lipinski definition) is 1. The van der Waals surface area contributed by atoms with Gasteiger partial charge in [0.1, 0.15) is 0 Å². The van der Waals surface area contributed by atoms with Gasteiger partial charge in [0.15, 0.2) is 0 Å². The fraction of sp³-hybridized carbons (Fsp3) is 0.727. The molecular weight excluding hydrogens is 296 g/mol. The minimum absolute atomic E-state index is 0.334. The van der Waals surface area contributed by atoms with E-state index in [9.17, 15) is 0 Å².